The summed E-state index contributed by atoms with van der Waals surface area (Å²) >= 11 is 1.30. The number of rotatable bonds is 4. The van der Waals surface area contributed by atoms with Crippen LogP contribution in [0.1, 0.15) is 0 Å². The van der Waals surface area contributed by atoms with E-state index in [1.54, 1.807) is 6.08 Å². The van der Waals surface area contributed by atoms with Crippen LogP contribution in [0.3, 0.4) is 0 Å². The van der Waals surface area contributed by atoms with E-state index in [0.29, 0.717) is 10.7 Å². The first kappa shape index (κ1) is 8.30. The molecule has 50 valence electrons. The number of nitrogens with two attached hydrogens (primary N) is 1. The van der Waals surface area contributed by atoms with E-state index in [4.69, 9.17) is 5.73 Å². The molecule has 1 amide bonds. The molecule has 0 radical (unpaired) electrons. The van der Waals surface area contributed by atoms with Gasteiger partial charge in [-0.25, -0.2) is 0 Å². The van der Waals surface area contributed by atoms with Crippen molar-refractivity contribution in [1.29, 1.82) is 0 Å². The van der Waals surface area contributed by atoms with Gasteiger partial charge in [0.15, 0.2) is 0 Å². The smallest absolute Gasteiger partial charge is 0.254 e. The van der Waals surface area contributed by atoms with Gasteiger partial charge < -0.3 is 5.73 Å². The summed E-state index contributed by atoms with van der Waals surface area (Å²) in [6.07, 6.45) is 1.69. The van der Waals surface area contributed by atoms with Gasteiger partial charge in [-0.1, -0.05) is 12.7 Å². The number of amides is 1. The molecule has 2 N–H and O–H groups in total. The van der Waals surface area contributed by atoms with Crippen LogP contribution in [0.25, 0.3) is 0 Å². The first-order valence-corrected chi connectivity index (χ1v) is 3.39. The molecule has 0 aromatic rings. The van der Waals surface area contributed by atoms with Crippen LogP contribution in [0.2, 0.25) is 0 Å². The zero-order valence-corrected chi connectivity index (χ0v) is 5.91. The van der Waals surface area contributed by atoms with Crippen molar-refractivity contribution >= 4 is 17.7 Å². The molecule has 0 aromatic carbocycles. The van der Waals surface area contributed by atoms with E-state index in [0.717, 1.165) is 0 Å². The standard InChI is InChI=1S/C6H9NOS/c1-3-4-9-5(2)6(7)8/h3H,1-2,4H2,(H2,7,8). The predicted octanol–water partition coefficient (Wildman–Crippen LogP) is 0.905. The molecule has 0 bridgehead atoms. The average Bonchev–Trinajstić information content (AvgIpc) is 1.82. The lowest BCUT2D eigenvalue weighted by Gasteiger charge is -1.94. The maximum Gasteiger partial charge on any atom is 0.254 e. The quantitative estimate of drug-likeness (QED) is 0.469. The van der Waals surface area contributed by atoms with Gasteiger partial charge in [-0.15, -0.1) is 18.3 Å². The molecule has 0 aromatic heterocycles. The topological polar surface area (TPSA) is 43.1 Å². The zero-order valence-electron chi connectivity index (χ0n) is 5.09. The van der Waals surface area contributed by atoms with Crippen LogP contribution in [0.4, 0.5) is 0 Å². The molecule has 0 spiro atoms. The number of thioether (sulfide) groups is 1. The summed E-state index contributed by atoms with van der Waals surface area (Å²) in [5, 5.41) is 0. The summed E-state index contributed by atoms with van der Waals surface area (Å²) < 4.78 is 0. The fourth-order valence-corrected chi connectivity index (χ4v) is 0.692. The van der Waals surface area contributed by atoms with Crippen molar-refractivity contribution in [3.63, 3.8) is 0 Å². The molecule has 3 heteroatoms. The van der Waals surface area contributed by atoms with Crippen LogP contribution in [0.15, 0.2) is 24.1 Å². The van der Waals surface area contributed by atoms with E-state index in [9.17, 15) is 4.79 Å². The SMILES string of the molecule is C=CCSC(=C)C(N)=O. The van der Waals surface area contributed by atoms with E-state index in [1.165, 1.54) is 11.8 Å². The van der Waals surface area contributed by atoms with Crippen molar-refractivity contribution in [2.45, 2.75) is 0 Å². The normalized spacial score (nSPS) is 8.44. The Balaban J connectivity index is 3.51. The number of carbonyl (C=O) groups is 1. The number of primary amides is 1. The van der Waals surface area contributed by atoms with E-state index in [-0.39, 0.29) is 0 Å². The molecule has 0 saturated heterocycles. The Morgan fingerprint density at radius 1 is 1.78 bits per heavy atom. The van der Waals surface area contributed by atoms with Crippen molar-refractivity contribution in [3.8, 4) is 0 Å². The van der Waals surface area contributed by atoms with Gasteiger partial charge in [0.05, 0.1) is 4.91 Å². The van der Waals surface area contributed by atoms with Gasteiger partial charge in [0, 0.05) is 5.75 Å². The fourth-order valence-electron chi connectivity index (χ4n) is 0.231. The summed E-state index contributed by atoms with van der Waals surface area (Å²) in [4.78, 5) is 10.7. The summed E-state index contributed by atoms with van der Waals surface area (Å²) in [5.41, 5.74) is 4.88. The predicted molar refractivity (Wildman–Crippen MR) is 41.0 cm³/mol. The summed E-state index contributed by atoms with van der Waals surface area (Å²) in [5.74, 6) is 0.226. The van der Waals surface area contributed by atoms with E-state index in [1.807, 2.05) is 0 Å². The van der Waals surface area contributed by atoms with Crippen molar-refractivity contribution < 1.29 is 4.79 Å². The van der Waals surface area contributed by atoms with Crippen molar-refractivity contribution in [1.82, 2.24) is 0 Å². The lowest BCUT2D eigenvalue weighted by atomic mass is 10.6. The third-order valence-electron chi connectivity index (χ3n) is 0.650. The van der Waals surface area contributed by atoms with Crippen LogP contribution >= 0.6 is 11.8 Å². The molecule has 0 saturated carbocycles. The number of hydrogen-bond donors (Lipinski definition) is 1. The van der Waals surface area contributed by atoms with Crippen molar-refractivity contribution in [3.05, 3.63) is 24.1 Å². The van der Waals surface area contributed by atoms with Crippen LogP contribution in [0.5, 0.6) is 0 Å². The van der Waals surface area contributed by atoms with Gasteiger partial charge >= 0.3 is 0 Å². The van der Waals surface area contributed by atoms with Crippen molar-refractivity contribution in [2.24, 2.45) is 5.73 Å². The minimum absolute atomic E-state index is 0.384. The highest BCUT2D eigenvalue weighted by atomic mass is 32.2. The molecule has 0 atom stereocenters. The molecular formula is C6H9NOS. The van der Waals surface area contributed by atoms with Crippen LogP contribution in [0, 0.1) is 0 Å². The van der Waals surface area contributed by atoms with Gasteiger partial charge in [-0.2, -0.15) is 0 Å². The third kappa shape index (κ3) is 3.85. The molecule has 0 heterocycles. The van der Waals surface area contributed by atoms with Crippen molar-refractivity contribution in [2.75, 3.05) is 5.75 Å². The Labute approximate surface area is 58.8 Å². The van der Waals surface area contributed by atoms with Gasteiger partial charge in [0.25, 0.3) is 5.91 Å². The summed E-state index contributed by atoms with van der Waals surface area (Å²) in [7, 11) is 0. The van der Waals surface area contributed by atoms with Crippen LogP contribution < -0.4 is 5.73 Å². The highest BCUT2D eigenvalue weighted by Crippen LogP contribution is 2.11. The molecule has 0 fully saturated rings. The van der Waals surface area contributed by atoms with Gasteiger partial charge in [0.1, 0.15) is 0 Å². The molecule has 0 aliphatic rings. The number of carbonyl (C=O) groups excluding carboxylic acids is 1. The van der Waals surface area contributed by atoms with Gasteiger partial charge in [-0.3, -0.25) is 4.79 Å². The maximum absolute atomic E-state index is 10.3. The molecule has 0 aliphatic carbocycles. The Morgan fingerprint density at radius 2 is 2.33 bits per heavy atom. The van der Waals surface area contributed by atoms with Crippen LogP contribution in [-0.2, 0) is 4.79 Å². The fraction of sp³-hybridized carbons (Fsp3) is 0.167. The second-order valence-corrected chi connectivity index (χ2v) is 2.50. The molecule has 0 unspecified atom stereocenters. The Kier molecular flexibility index (Phi) is 3.88. The largest absolute Gasteiger partial charge is 0.365 e. The monoisotopic (exact) mass is 143 g/mol. The summed E-state index contributed by atoms with van der Waals surface area (Å²) in [6.45, 7) is 6.91. The van der Waals surface area contributed by atoms with Crippen LogP contribution in [-0.4, -0.2) is 11.7 Å². The second kappa shape index (κ2) is 4.21. The average molecular weight is 143 g/mol. The lowest BCUT2D eigenvalue weighted by Crippen LogP contribution is -2.10. The van der Waals surface area contributed by atoms with Gasteiger partial charge in [0.2, 0.25) is 0 Å². The van der Waals surface area contributed by atoms with E-state index < -0.39 is 5.91 Å². The first-order chi connectivity index (χ1) is 4.18. The highest BCUT2D eigenvalue weighted by Gasteiger charge is 1.98. The molecule has 2 nitrogen and oxygen atoms in total. The highest BCUT2D eigenvalue weighted by molar-refractivity contribution is 8.04. The molecule has 9 heavy (non-hydrogen) atoms. The first-order valence-electron chi connectivity index (χ1n) is 2.41. The zero-order chi connectivity index (χ0) is 7.28. The minimum atomic E-state index is -0.457. The summed E-state index contributed by atoms with van der Waals surface area (Å²) in [6, 6.07) is 0. The third-order valence-corrected chi connectivity index (χ3v) is 1.60. The molecule has 0 rings (SSSR count). The Morgan fingerprint density at radius 3 is 2.67 bits per heavy atom. The van der Waals surface area contributed by atoms with E-state index in [2.05, 4.69) is 13.2 Å². The second-order valence-electron chi connectivity index (χ2n) is 1.39. The van der Waals surface area contributed by atoms with Gasteiger partial charge in [-0.05, 0) is 0 Å². The van der Waals surface area contributed by atoms with E-state index >= 15 is 0 Å². The maximum atomic E-state index is 10.3. The lowest BCUT2D eigenvalue weighted by molar-refractivity contribution is -0.113. The Hall–Kier alpha value is -0.700. The number of hydrogen-bond acceptors (Lipinski definition) is 2. The molecular weight excluding hydrogens is 134 g/mol. The Bertz CT molecular complexity index is 142. The minimum Gasteiger partial charge on any atom is -0.365 e. The molecule has 0 aliphatic heterocycles.